The highest BCUT2D eigenvalue weighted by atomic mass is 32.1. The summed E-state index contributed by atoms with van der Waals surface area (Å²) in [6.45, 7) is 2.69. The fourth-order valence-electron chi connectivity index (χ4n) is 3.12. The largest absolute Gasteiger partial charge is 0.457 e. The molecule has 6 nitrogen and oxygen atoms in total. The first kappa shape index (κ1) is 18.6. The number of hydrogen-bond acceptors (Lipinski definition) is 5. The average molecular weight is 400 g/mol. The predicted octanol–water partition coefficient (Wildman–Crippen LogP) is 4.35. The van der Waals surface area contributed by atoms with E-state index in [9.17, 15) is 9.18 Å². The van der Waals surface area contributed by atoms with Crippen molar-refractivity contribution in [3.8, 4) is 11.5 Å². The number of fused-ring (bicyclic) bond motifs is 1. The van der Waals surface area contributed by atoms with Crippen LogP contribution in [-0.4, -0.2) is 30.6 Å². The van der Waals surface area contributed by atoms with Crippen molar-refractivity contribution in [2.75, 3.05) is 25.0 Å². The van der Waals surface area contributed by atoms with Gasteiger partial charge in [0.1, 0.15) is 17.3 Å². The van der Waals surface area contributed by atoms with Crippen LogP contribution in [0.4, 0.5) is 14.3 Å². The monoisotopic (exact) mass is 400 g/mol. The Morgan fingerprint density at radius 3 is 2.71 bits per heavy atom. The number of halogens is 1. The molecule has 0 spiro atoms. The molecule has 1 aliphatic heterocycles. The fourth-order valence-corrected chi connectivity index (χ4v) is 4.01. The van der Waals surface area contributed by atoms with E-state index in [1.807, 2.05) is 12.1 Å². The molecule has 2 heterocycles. The molecule has 0 unspecified atom stereocenters. The molecule has 1 aromatic heterocycles. The van der Waals surface area contributed by atoms with Crippen molar-refractivity contribution in [3.05, 3.63) is 48.3 Å². The zero-order chi connectivity index (χ0) is 19.3. The van der Waals surface area contributed by atoms with Gasteiger partial charge in [-0.3, -0.25) is 5.32 Å². The first-order valence-electron chi connectivity index (χ1n) is 9.25. The second-order valence-electron chi connectivity index (χ2n) is 6.73. The molecule has 1 saturated heterocycles. The first-order valence-corrected chi connectivity index (χ1v) is 10.1. The van der Waals surface area contributed by atoms with Crippen LogP contribution in [0.15, 0.2) is 42.5 Å². The van der Waals surface area contributed by atoms with E-state index in [2.05, 4.69) is 20.9 Å². The molecule has 4 rings (SSSR count). The van der Waals surface area contributed by atoms with Crippen LogP contribution in [0.2, 0.25) is 0 Å². The number of nitrogens with zero attached hydrogens (tertiary/aromatic N) is 1. The van der Waals surface area contributed by atoms with Gasteiger partial charge < -0.3 is 15.4 Å². The lowest BCUT2D eigenvalue weighted by molar-refractivity contribution is 0.248. The highest BCUT2D eigenvalue weighted by Crippen LogP contribution is 2.31. The Balaban J connectivity index is 1.37. The lowest BCUT2D eigenvalue weighted by Gasteiger charge is -2.22. The molecule has 146 valence electrons. The summed E-state index contributed by atoms with van der Waals surface area (Å²) in [5, 5.41) is 9.59. The number of thiazole rings is 1. The Kier molecular flexibility index (Phi) is 5.68. The highest BCUT2D eigenvalue weighted by molar-refractivity contribution is 7.22. The van der Waals surface area contributed by atoms with Gasteiger partial charge >= 0.3 is 6.03 Å². The Morgan fingerprint density at radius 1 is 1.18 bits per heavy atom. The van der Waals surface area contributed by atoms with Gasteiger partial charge in [-0.05, 0) is 68.2 Å². The Labute approximate surface area is 166 Å². The van der Waals surface area contributed by atoms with Crippen molar-refractivity contribution in [3.63, 3.8) is 0 Å². The van der Waals surface area contributed by atoms with E-state index in [1.54, 1.807) is 18.2 Å². The average Bonchev–Trinajstić information content (AvgIpc) is 3.10. The zero-order valence-corrected chi connectivity index (χ0v) is 16.0. The van der Waals surface area contributed by atoms with Gasteiger partial charge in [0.25, 0.3) is 0 Å². The maximum absolute atomic E-state index is 13.0. The van der Waals surface area contributed by atoms with E-state index in [1.165, 1.54) is 23.5 Å². The summed E-state index contributed by atoms with van der Waals surface area (Å²) in [7, 11) is 0. The topological polar surface area (TPSA) is 75.3 Å². The van der Waals surface area contributed by atoms with Gasteiger partial charge in [-0.1, -0.05) is 11.3 Å². The summed E-state index contributed by atoms with van der Waals surface area (Å²) in [5.41, 5.74) is 0.783. The summed E-state index contributed by atoms with van der Waals surface area (Å²) < 4.78 is 19.6. The number of aromatic nitrogens is 1. The first-order chi connectivity index (χ1) is 13.7. The summed E-state index contributed by atoms with van der Waals surface area (Å²) in [4.78, 5) is 16.6. The number of hydrogen-bond donors (Lipinski definition) is 3. The number of nitrogens with one attached hydrogen (secondary N) is 3. The standard InChI is InChI=1S/C20H21FN4O2S/c21-14-1-3-15(4-2-14)27-16-5-6-17-18(11-16)28-20(24-17)25-19(26)23-12-13-7-9-22-10-8-13/h1-6,11,13,22H,7-10,12H2,(H2,23,24,25,26). The van der Waals surface area contributed by atoms with Crippen LogP contribution in [0.1, 0.15) is 12.8 Å². The number of ether oxygens (including phenoxy) is 1. The summed E-state index contributed by atoms with van der Waals surface area (Å²) in [6.07, 6.45) is 2.16. The van der Waals surface area contributed by atoms with E-state index in [0.717, 1.165) is 36.1 Å². The van der Waals surface area contributed by atoms with Crippen LogP contribution in [0, 0.1) is 11.7 Å². The predicted molar refractivity (Wildman–Crippen MR) is 109 cm³/mol. The maximum atomic E-state index is 13.0. The Hall–Kier alpha value is -2.71. The third-order valence-corrected chi connectivity index (χ3v) is 5.57. The third kappa shape index (κ3) is 4.76. The molecule has 2 aromatic carbocycles. The highest BCUT2D eigenvalue weighted by Gasteiger charge is 2.14. The van der Waals surface area contributed by atoms with Gasteiger partial charge in [-0.15, -0.1) is 0 Å². The van der Waals surface area contributed by atoms with Crippen molar-refractivity contribution in [2.24, 2.45) is 5.92 Å². The van der Waals surface area contributed by atoms with Crippen LogP contribution in [-0.2, 0) is 0 Å². The van der Waals surface area contributed by atoms with Gasteiger partial charge in [0.15, 0.2) is 5.13 Å². The number of anilines is 1. The molecular weight excluding hydrogens is 379 g/mol. The van der Waals surface area contributed by atoms with Crippen LogP contribution in [0.3, 0.4) is 0 Å². The molecule has 1 fully saturated rings. The Morgan fingerprint density at radius 2 is 1.93 bits per heavy atom. The minimum absolute atomic E-state index is 0.236. The third-order valence-electron chi connectivity index (χ3n) is 4.64. The molecule has 2 amide bonds. The quantitative estimate of drug-likeness (QED) is 0.595. The second kappa shape index (κ2) is 8.53. The number of urea groups is 1. The molecule has 0 bridgehead atoms. The number of carbonyl (C=O) groups is 1. The van der Waals surface area contributed by atoms with Crippen molar-refractivity contribution in [1.82, 2.24) is 15.6 Å². The molecule has 0 atom stereocenters. The minimum atomic E-state index is -0.306. The summed E-state index contributed by atoms with van der Waals surface area (Å²) >= 11 is 1.38. The van der Waals surface area contributed by atoms with Gasteiger partial charge in [0.05, 0.1) is 10.2 Å². The molecule has 3 aromatic rings. The van der Waals surface area contributed by atoms with E-state index < -0.39 is 0 Å². The van der Waals surface area contributed by atoms with E-state index >= 15 is 0 Å². The van der Waals surface area contributed by atoms with Gasteiger partial charge in [0, 0.05) is 12.6 Å². The van der Waals surface area contributed by atoms with Crippen molar-refractivity contribution >= 4 is 32.7 Å². The number of carbonyl (C=O) groups excluding carboxylic acids is 1. The lowest BCUT2D eigenvalue weighted by Crippen LogP contribution is -2.37. The number of rotatable bonds is 5. The minimum Gasteiger partial charge on any atom is -0.457 e. The number of amides is 2. The van der Waals surface area contributed by atoms with E-state index in [4.69, 9.17) is 4.74 Å². The molecule has 0 aliphatic carbocycles. The van der Waals surface area contributed by atoms with Crippen LogP contribution in [0.5, 0.6) is 11.5 Å². The fraction of sp³-hybridized carbons (Fsp3) is 0.300. The van der Waals surface area contributed by atoms with E-state index in [0.29, 0.717) is 29.1 Å². The van der Waals surface area contributed by atoms with Crippen LogP contribution >= 0.6 is 11.3 Å². The van der Waals surface area contributed by atoms with Crippen LogP contribution < -0.4 is 20.7 Å². The molecule has 3 N–H and O–H groups in total. The van der Waals surface area contributed by atoms with Gasteiger partial charge in [0.2, 0.25) is 0 Å². The van der Waals surface area contributed by atoms with E-state index in [-0.39, 0.29) is 11.8 Å². The Bertz CT molecular complexity index is 954. The normalized spacial score (nSPS) is 14.8. The molecule has 8 heteroatoms. The van der Waals surface area contributed by atoms with Gasteiger partial charge in [-0.25, -0.2) is 14.2 Å². The van der Waals surface area contributed by atoms with Crippen LogP contribution in [0.25, 0.3) is 10.2 Å². The van der Waals surface area contributed by atoms with Gasteiger partial charge in [-0.2, -0.15) is 0 Å². The molecule has 28 heavy (non-hydrogen) atoms. The summed E-state index contributed by atoms with van der Waals surface area (Å²) in [5.74, 6) is 1.40. The molecule has 0 radical (unpaired) electrons. The maximum Gasteiger partial charge on any atom is 0.321 e. The molecular formula is C20H21FN4O2S. The lowest BCUT2D eigenvalue weighted by atomic mass is 9.98. The smallest absolute Gasteiger partial charge is 0.321 e. The van der Waals surface area contributed by atoms with Crippen molar-refractivity contribution < 1.29 is 13.9 Å². The van der Waals surface area contributed by atoms with Crippen molar-refractivity contribution in [2.45, 2.75) is 12.8 Å². The summed E-state index contributed by atoms with van der Waals surface area (Å²) in [6, 6.07) is 11.1. The SMILES string of the molecule is O=C(NCC1CCNCC1)Nc1nc2ccc(Oc3ccc(F)cc3)cc2s1. The molecule has 1 aliphatic rings. The number of benzene rings is 2. The second-order valence-corrected chi connectivity index (χ2v) is 7.76. The molecule has 0 saturated carbocycles. The van der Waals surface area contributed by atoms with Crippen molar-refractivity contribution in [1.29, 1.82) is 0 Å². The zero-order valence-electron chi connectivity index (χ0n) is 15.2. The number of piperidine rings is 1.